The molecule has 1 heterocycles. The molecule has 1 fully saturated rings. The van der Waals surface area contributed by atoms with Crippen LogP contribution in [0.2, 0.25) is 0 Å². The topological polar surface area (TPSA) is 75.6 Å². The Bertz CT molecular complexity index is 625. The van der Waals surface area contributed by atoms with Crippen molar-refractivity contribution in [2.24, 2.45) is 0 Å². The van der Waals surface area contributed by atoms with Gasteiger partial charge in [-0.1, -0.05) is 24.0 Å². The van der Waals surface area contributed by atoms with E-state index in [2.05, 4.69) is 16.6 Å². The summed E-state index contributed by atoms with van der Waals surface area (Å²) in [6.45, 7) is 0.674. The molecule has 0 aliphatic carbocycles. The zero-order chi connectivity index (χ0) is 15.1. The van der Waals surface area contributed by atoms with E-state index in [1.54, 1.807) is 6.07 Å². The smallest absolute Gasteiger partial charge is 0.214 e. The molecule has 2 rings (SSSR count). The van der Waals surface area contributed by atoms with E-state index in [9.17, 15) is 8.42 Å². The Morgan fingerprint density at radius 1 is 1.43 bits per heavy atom. The number of aliphatic hydroxyl groups excluding tert-OH is 1. The minimum atomic E-state index is -3.34. The van der Waals surface area contributed by atoms with Gasteiger partial charge >= 0.3 is 0 Å². The van der Waals surface area contributed by atoms with Gasteiger partial charge in [-0.15, -0.1) is 0 Å². The summed E-state index contributed by atoms with van der Waals surface area (Å²) in [7, 11) is -3.34. The third kappa shape index (κ3) is 5.48. The van der Waals surface area contributed by atoms with Crippen molar-refractivity contribution in [3.05, 3.63) is 35.4 Å². The van der Waals surface area contributed by atoms with E-state index in [1.165, 1.54) is 0 Å². The molecule has 1 aromatic carbocycles. The lowest BCUT2D eigenvalue weighted by Crippen LogP contribution is -2.31. The fourth-order valence-corrected chi connectivity index (χ4v) is 3.43. The first kappa shape index (κ1) is 16.0. The number of hydrogen-bond acceptors (Lipinski definition) is 4. The number of aliphatic hydroxyl groups is 1. The van der Waals surface area contributed by atoms with Crippen LogP contribution in [0, 0.1) is 11.8 Å². The molecule has 1 aromatic rings. The van der Waals surface area contributed by atoms with Crippen LogP contribution in [0.25, 0.3) is 0 Å². The highest BCUT2D eigenvalue weighted by atomic mass is 32.2. The standard InChI is InChI=1S/C15H19NO4S/c17-8-2-6-13-4-1-5-14(10-13)11-16-21(18,19)12-15-7-3-9-20-15/h1,4-5,10,15-17H,3,7-9,11-12H2. The molecule has 21 heavy (non-hydrogen) atoms. The fourth-order valence-electron chi connectivity index (χ4n) is 2.17. The zero-order valence-electron chi connectivity index (χ0n) is 11.7. The lowest BCUT2D eigenvalue weighted by molar-refractivity contribution is 0.127. The predicted molar refractivity (Wildman–Crippen MR) is 80.0 cm³/mol. The number of hydrogen-bond donors (Lipinski definition) is 2. The van der Waals surface area contributed by atoms with Crippen molar-refractivity contribution in [1.82, 2.24) is 4.72 Å². The van der Waals surface area contributed by atoms with Crippen LogP contribution in [-0.4, -0.2) is 38.6 Å². The lowest BCUT2D eigenvalue weighted by Gasteiger charge is -2.11. The van der Waals surface area contributed by atoms with Crippen molar-refractivity contribution in [3.63, 3.8) is 0 Å². The SMILES string of the molecule is O=S(=O)(CC1CCCO1)NCc1cccc(C#CCO)c1. The minimum Gasteiger partial charge on any atom is -0.384 e. The Morgan fingerprint density at radius 2 is 2.29 bits per heavy atom. The molecule has 114 valence electrons. The maximum Gasteiger partial charge on any atom is 0.214 e. The van der Waals surface area contributed by atoms with Gasteiger partial charge in [-0.05, 0) is 30.5 Å². The van der Waals surface area contributed by atoms with Crippen LogP contribution in [0.3, 0.4) is 0 Å². The van der Waals surface area contributed by atoms with Crippen LogP contribution in [-0.2, 0) is 21.3 Å². The van der Waals surface area contributed by atoms with Crippen LogP contribution in [0.1, 0.15) is 24.0 Å². The third-order valence-electron chi connectivity index (χ3n) is 3.16. The van der Waals surface area contributed by atoms with E-state index in [-0.39, 0.29) is 25.0 Å². The molecule has 6 heteroatoms. The van der Waals surface area contributed by atoms with Crippen molar-refractivity contribution in [2.45, 2.75) is 25.5 Å². The summed E-state index contributed by atoms with van der Waals surface area (Å²) >= 11 is 0. The van der Waals surface area contributed by atoms with Gasteiger partial charge in [0.1, 0.15) is 6.61 Å². The van der Waals surface area contributed by atoms with Gasteiger partial charge in [0.15, 0.2) is 0 Å². The average molecular weight is 309 g/mol. The number of ether oxygens (including phenoxy) is 1. The van der Waals surface area contributed by atoms with Crippen LogP contribution < -0.4 is 4.72 Å². The van der Waals surface area contributed by atoms with Gasteiger partial charge in [-0.2, -0.15) is 0 Å². The minimum absolute atomic E-state index is 0.0109. The van der Waals surface area contributed by atoms with Crippen LogP contribution in [0.5, 0.6) is 0 Å². The first-order chi connectivity index (χ1) is 10.1. The largest absolute Gasteiger partial charge is 0.384 e. The Labute approximate surface area is 125 Å². The van der Waals surface area contributed by atoms with Crippen LogP contribution in [0.15, 0.2) is 24.3 Å². The first-order valence-corrected chi connectivity index (χ1v) is 8.52. The average Bonchev–Trinajstić information content (AvgIpc) is 2.96. The maximum atomic E-state index is 12.0. The predicted octanol–water partition coefficient (Wildman–Crippen LogP) is 0.629. The molecule has 5 nitrogen and oxygen atoms in total. The van der Waals surface area contributed by atoms with Gasteiger partial charge in [-0.25, -0.2) is 13.1 Å². The molecule has 1 unspecified atom stereocenters. The second-order valence-electron chi connectivity index (χ2n) is 4.90. The molecule has 0 amide bonds. The second kappa shape index (κ2) is 7.57. The summed E-state index contributed by atoms with van der Waals surface area (Å²) in [6, 6.07) is 7.26. The van der Waals surface area contributed by atoms with Crippen LogP contribution in [0.4, 0.5) is 0 Å². The van der Waals surface area contributed by atoms with E-state index in [0.29, 0.717) is 6.61 Å². The summed E-state index contributed by atoms with van der Waals surface area (Å²) in [5, 5.41) is 8.67. The summed E-state index contributed by atoms with van der Waals surface area (Å²) in [5.74, 6) is 5.37. The Morgan fingerprint density at radius 3 is 3.00 bits per heavy atom. The van der Waals surface area contributed by atoms with Gasteiger partial charge in [0, 0.05) is 18.7 Å². The quantitative estimate of drug-likeness (QED) is 0.782. The molecule has 1 atom stereocenters. The van der Waals surface area contributed by atoms with E-state index in [0.717, 1.165) is 24.0 Å². The van der Waals surface area contributed by atoms with Gasteiger partial charge in [0.25, 0.3) is 0 Å². The molecule has 0 spiro atoms. The van der Waals surface area contributed by atoms with Crippen molar-refractivity contribution in [2.75, 3.05) is 19.0 Å². The number of benzene rings is 1. The van der Waals surface area contributed by atoms with Crippen molar-refractivity contribution in [1.29, 1.82) is 0 Å². The van der Waals surface area contributed by atoms with E-state index >= 15 is 0 Å². The van der Waals surface area contributed by atoms with Gasteiger partial charge < -0.3 is 9.84 Å². The maximum absolute atomic E-state index is 12.0. The number of nitrogens with one attached hydrogen (secondary N) is 1. The summed E-state index contributed by atoms with van der Waals surface area (Å²) in [4.78, 5) is 0. The van der Waals surface area contributed by atoms with E-state index in [1.807, 2.05) is 18.2 Å². The molecule has 1 aliphatic heterocycles. The fraction of sp³-hybridized carbons (Fsp3) is 0.467. The van der Waals surface area contributed by atoms with Gasteiger partial charge in [0.05, 0.1) is 11.9 Å². The summed E-state index contributed by atoms with van der Waals surface area (Å²) in [6.07, 6.45) is 1.53. The molecule has 0 bridgehead atoms. The molecule has 1 aliphatic rings. The van der Waals surface area contributed by atoms with Crippen LogP contribution >= 0.6 is 0 Å². The molecule has 1 saturated heterocycles. The van der Waals surface area contributed by atoms with Gasteiger partial charge in [0.2, 0.25) is 10.0 Å². The molecular weight excluding hydrogens is 290 g/mol. The van der Waals surface area contributed by atoms with E-state index < -0.39 is 10.0 Å². The highest BCUT2D eigenvalue weighted by Gasteiger charge is 2.22. The summed E-state index contributed by atoms with van der Waals surface area (Å²) < 4.78 is 31.9. The Balaban J connectivity index is 1.92. The summed E-state index contributed by atoms with van der Waals surface area (Å²) in [5.41, 5.74) is 1.58. The second-order valence-corrected chi connectivity index (χ2v) is 6.75. The molecule has 2 N–H and O–H groups in total. The monoisotopic (exact) mass is 309 g/mol. The van der Waals surface area contributed by atoms with Crippen molar-refractivity contribution < 1.29 is 18.3 Å². The Kier molecular flexibility index (Phi) is 5.76. The lowest BCUT2D eigenvalue weighted by atomic mass is 10.1. The van der Waals surface area contributed by atoms with E-state index in [4.69, 9.17) is 9.84 Å². The molecule has 0 radical (unpaired) electrons. The first-order valence-electron chi connectivity index (χ1n) is 6.87. The number of rotatable bonds is 5. The highest BCUT2D eigenvalue weighted by Crippen LogP contribution is 2.13. The van der Waals surface area contributed by atoms with Crippen molar-refractivity contribution >= 4 is 10.0 Å². The Hall–Kier alpha value is -1.39. The highest BCUT2D eigenvalue weighted by molar-refractivity contribution is 7.89. The van der Waals surface area contributed by atoms with Gasteiger partial charge in [-0.3, -0.25) is 0 Å². The number of sulfonamides is 1. The normalized spacial score (nSPS) is 18.2. The van der Waals surface area contributed by atoms with Crippen molar-refractivity contribution in [3.8, 4) is 11.8 Å². The zero-order valence-corrected chi connectivity index (χ0v) is 12.5. The molecule has 0 saturated carbocycles. The molecule has 0 aromatic heterocycles. The molecular formula is C15H19NO4S. The third-order valence-corrected chi connectivity index (χ3v) is 4.56.